The van der Waals surface area contributed by atoms with Crippen LogP contribution in [0.5, 0.6) is 0 Å². The fourth-order valence-electron chi connectivity index (χ4n) is 2.52. The minimum Gasteiger partial charge on any atom is -0.480 e. The molecular weight excluding hydrogens is 346 g/mol. The van der Waals surface area contributed by atoms with E-state index >= 15 is 0 Å². The molecule has 2 rings (SSSR count). The van der Waals surface area contributed by atoms with E-state index in [2.05, 4.69) is 21.2 Å². The Labute approximate surface area is 130 Å². The van der Waals surface area contributed by atoms with Crippen LogP contribution in [0.3, 0.4) is 0 Å². The molecule has 0 unspecified atom stereocenters. The van der Waals surface area contributed by atoms with E-state index in [4.69, 9.17) is 11.6 Å². The minimum absolute atomic E-state index is 0.357. The highest BCUT2D eigenvalue weighted by Gasteiger charge is 2.41. The molecule has 6 heteroatoms. The van der Waals surface area contributed by atoms with Gasteiger partial charge in [-0.2, -0.15) is 0 Å². The zero-order valence-corrected chi connectivity index (χ0v) is 13.1. The third-order valence-electron chi connectivity index (χ3n) is 3.59. The summed E-state index contributed by atoms with van der Waals surface area (Å²) in [6.07, 6.45) is 3.57. The van der Waals surface area contributed by atoms with Gasteiger partial charge in [0, 0.05) is 15.1 Å². The molecule has 0 bridgehead atoms. The molecule has 2 N–H and O–H groups in total. The SMILES string of the molecule is O=C(NC1(C(=O)O)CCCCC1)c1cc(Cl)cc(Br)c1. The van der Waals surface area contributed by atoms with Gasteiger partial charge in [0.25, 0.3) is 5.91 Å². The third-order valence-corrected chi connectivity index (χ3v) is 4.27. The van der Waals surface area contributed by atoms with Crippen LogP contribution in [-0.4, -0.2) is 22.5 Å². The lowest BCUT2D eigenvalue weighted by Crippen LogP contribution is -2.55. The first kappa shape index (κ1) is 15.3. The summed E-state index contributed by atoms with van der Waals surface area (Å²) in [4.78, 5) is 23.8. The molecule has 1 fully saturated rings. The Balaban J connectivity index is 2.22. The molecule has 1 amide bonds. The second-order valence-electron chi connectivity index (χ2n) is 5.06. The number of amides is 1. The number of benzene rings is 1. The summed E-state index contributed by atoms with van der Waals surface area (Å²) in [5, 5.41) is 12.6. The number of carboxylic acid groups (broad SMARTS) is 1. The maximum atomic E-state index is 12.3. The summed E-state index contributed by atoms with van der Waals surface area (Å²) in [6, 6.07) is 4.82. The molecule has 0 radical (unpaired) electrons. The van der Waals surface area contributed by atoms with Crippen molar-refractivity contribution in [3.8, 4) is 0 Å². The van der Waals surface area contributed by atoms with Gasteiger partial charge in [-0.1, -0.05) is 46.8 Å². The highest BCUT2D eigenvalue weighted by atomic mass is 79.9. The van der Waals surface area contributed by atoms with Crippen LogP contribution in [-0.2, 0) is 4.79 Å². The van der Waals surface area contributed by atoms with Crippen molar-refractivity contribution in [2.75, 3.05) is 0 Å². The van der Waals surface area contributed by atoms with Crippen molar-refractivity contribution in [1.29, 1.82) is 0 Å². The van der Waals surface area contributed by atoms with Crippen molar-refractivity contribution in [2.45, 2.75) is 37.6 Å². The van der Waals surface area contributed by atoms with Gasteiger partial charge < -0.3 is 10.4 Å². The Hall–Kier alpha value is -1.07. The van der Waals surface area contributed by atoms with Gasteiger partial charge in [0.1, 0.15) is 5.54 Å². The van der Waals surface area contributed by atoms with Crippen molar-refractivity contribution >= 4 is 39.4 Å². The Bertz CT molecular complexity index is 521. The Morgan fingerprint density at radius 3 is 2.40 bits per heavy atom. The number of hydrogen-bond donors (Lipinski definition) is 2. The van der Waals surface area contributed by atoms with Gasteiger partial charge in [0.2, 0.25) is 0 Å². The number of carbonyl (C=O) groups excluding carboxylic acids is 1. The predicted molar refractivity (Wildman–Crippen MR) is 80.1 cm³/mol. The first-order valence-corrected chi connectivity index (χ1v) is 7.62. The fourth-order valence-corrected chi connectivity index (χ4v) is 3.38. The molecule has 0 atom stereocenters. The van der Waals surface area contributed by atoms with E-state index in [1.807, 2.05) is 0 Å². The number of hydrogen-bond acceptors (Lipinski definition) is 2. The lowest BCUT2D eigenvalue weighted by Gasteiger charge is -2.34. The van der Waals surface area contributed by atoms with Crippen LogP contribution in [0.4, 0.5) is 0 Å². The zero-order chi connectivity index (χ0) is 14.8. The Morgan fingerprint density at radius 2 is 1.85 bits per heavy atom. The number of carbonyl (C=O) groups is 2. The summed E-state index contributed by atoms with van der Waals surface area (Å²) in [6.45, 7) is 0. The normalized spacial score (nSPS) is 17.5. The second kappa shape index (κ2) is 6.14. The van der Waals surface area contributed by atoms with Crippen LogP contribution in [0.1, 0.15) is 42.5 Å². The summed E-state index contributed by atoms with van der Waals surface area (Å²) < 4.78 is 0.683. The molecule has 0 heterocycles. The number of carboxylic acids is 1. The number of halogens is 2. The van der Waals surface area contributed by atoms with Crippen LogP contribution in [0.2, 0.25) is 5.02 Å². The summed E-state index contributed by atoms with van der Waals surface area (Å²) >= 11 is 9.18. The maximum Gasteiger partial charge on any atom is 0.329 e. The van der Waals surface area contributed by atoms with E-state index in [0.29, 0.717) is 27.9 Å². The first-order valence-electron chi connectivity index (χ1n) is 6.45. The molecule has 1 aliphatic carbocycles. The average Bonchev–Trinajstić information content (AvgIpc) is 2.38. The van der Waals surface area contributed by atoms with Crippen LogP contribution >= 0.6 is 27.5 Å². The van der Waals surface area contributed by atoms with Gasteiger partial charge >= 0.3 is 5.97 Å². The largest absolute Gasteiger partial charge is 0.480 e. The lowest BCUT2D eigenvalue weighted by atomic mass is 9.81. The van der Waals surface area contributed by atoms with E-state index in [9.17, 15) is 14.7 Å². The molecule has 1 saturated carbocycles. The van der Waals surface area contributed by atoms with E-state index < -0.39 is 17.4 Å². The van der Waals surface area contributed by atoms with E-state index in [-0.39, 0.29) is 0 Å². The molecule has 1 aliphatic rings. The van der Waals surface area contributed by atoms with Gasteiger partial charge in [-0.3, -0.25) is 4.79 Å². The van der Waals surface area contributed by atoms with E-state index in [0.717, 1.165) is 19.3 Å². The van der Waals surface area contributed by atoms with Crippen LogP contribution in [0.25, 0.3) is 0 Å². The van der Waals surface area contributed by atoms with Gasteiger partial charge in [-0.15, -0.1) is 0 Å². The summed E-state index contributed by atoms with van der Waals surface area (Å²) in [7, 11) is 0. The van der Waals surface area contributed by atoms with Gasteiger partial charge in [-0.25, -0.2) is 4.79 Å². The third kappa shape index (κ3) is 3.33. The molecule has 1 aromatic rings. The Morgan fingerprint density at radius 1 is 1.20 bits per heavy atom. The second-order valence-corrected chi connectivity index (χ2v) is 6.41. The zero-order valence-electron chi connectivity index (χ0n) is 10.8. The van der Waals surface area contributed by atoms with Crippen molar-refractivity contribution in [3.63, 3.8) is 0 Å². The maximum absolute atomic E-state index is 12.3. The molecule has 108 valence electrons. The van der Waals surface area contributed by atoms with Gasteiger partial charge in [0.15, 0.2) is 0 Å². The summed E-state index contributed by atoms with van der Waals surface area (Å²) in [5.74, 6) is -1.37. The summed E-state index contributed by atoms with van der Waals surface area (Å²) in [5.41, 5.74) is -0.792. The lowest BCUT2D eigenvalue weighted by molar-refractivity contribution is -0.145. The van der Waals surface area contributed by atoms with E-state index in [1.54, 1.807) is 12.1 Å². The number of aliphatic carboxylic acids is 1. The molecular formula is C14H15BrClNO3. The molecule has 0 spiro atoms. The monoisotopic (exact) mass is 359 g/mol. The molecule has 4 nitrogen and oxygen atoms in total. The van der Waals surface area contributed by atoms with Gasteiger partial charge in [0.05, 0.1) is 0 Å². The topological polar surface area (TPSA) is 66.4 Å². The van der Waals surface area contributed by atoms with Crippen molar-refractivity contribution in [3.05, 3.63) is 33.3 Å². The Kier molecular flexibility index (Phi) is 4.70. The minimum atomic E-state index is -1.15. The van der Waals surface area contributed by atoms with Crippen LogP contribution in [0.15, 0.2) is 22.7 Å². The van der Waals surface area contributed by atoms with Crippen molar-refractivity contribution in [1.82, 2.24) is 5.32 Å². The standard InChI is InChI=1S/C14H15BrClNO3/c15-10-6-9(7-11(16)8-10)12(18)17-14(13(19)20)4-2-1-3-5-14/h6-8H,1-5H2,(H,17,18)(H,19,20). The van der Waals surface area contributed by atoms with E-state index in [1.165, 1.54) is 6.07 Å². The van der Waals surface area contributed by atoms with Crippen LogP contribution in [0, 0.1) is 0 Å². The predicted octanol–water partition coefficient (Wildman–Crippen LogP) is 3.62. The first-order chi connectivity index (χ1) is 9.43. The molecule has 0 aromatic heterocycles. The quantitative estimate of drug-likeness (QED) is 0.865. The molecule has 20 heavy (non-hydrogen) atoms. The smallest absolute Gasteiger partial charge is 0.329 e. The van der Waals surface area contributed by atoms with Crippen molar-refractivity contribution < 1.29 is 14.7 Å². The fraction of sp³-hybridized carbons (Fsp3) is 0.429. The molecule has 0 saturated heterocycles. The van der Waals surface area contributed by atoms with Crippen molar-refractivity contribution in [2.24, 2.45) is 0 Å². The van der Waals surface area contributed by atoms with Crippen LogP contribution < -0.4 is 5.32 Å². The average molecular weight is 361 g/mol. The molecule has 1 aromatic carbocycles. The van der Waals surface area contributed by atoms with Gasteiger partial charge in [-0.05, 0) is 31.0 Å². The highest BCUT2D eigenvalue weighted by Crippen LogP contribution is 2.29. The highest BCUT2D eigenvalue weighted by molar-refractivity contribution is 9.10. The number of rotatable bonds is 3. The number of nitrogens with one attached hydrogen (secondary N) is 1. The molecule has 0 aliphatic heterocycles.